The van der Waals surface area contributed by atoms with E-state index >= 15 is 0 Å². The monoisotopic (exact) mass is 839 g/mol. The zero-order valence-electron chi connectivity index (χ0n) is 35.7. The third-order valence-corrected chi connectivity index (χ3v) is 13.2. The maximum Gasteiger partial charge on any atom is 0.408 e. The van der Waals surface area contributed by atoms with Gasteiger partial charge in [-0.1, -0.05) is 39.0 Å². The van der Waals surface area contributed by atoms with Crippen molar-refractivity contribution in [2.75, 3.05) is 6.61 Å². The van der Waals surface area contributed by atoms with Crippen LogP contribution in [0, 0.1) is 16.7 Å². The second-order valence-corrected chi connectivity index (χ2v) is 19.0. The summed E-state index contributed by atoms with van der Waals surface area (Å²) >= 11 is 0. The first-order valence-electron chi connectivity index (χ1n) is 20.3. The summed E-state index contributed by atoms with van der Waals surface area (Å²) in [6.45, 7) is 16.5. The zero-order valence-corrected chi connectivity index (χ0v) is 35.7. The zero-order chi connectivity index (χ0) is 44.0. The fourth-order valence-electron chi connectivity index (χ4n) is 10.4. The van der Waals surface area contributed by atoms with Gasteiger partial charge in [0.25, 0.3) is 0 Å². The van der Waals surface area contributed by atoms with Gasteiger partial charge < -0.3 is 58.2 Å². The van der Waals surface area contributed by atoms with Crippen molar-refractivity contribution in [1.29, 1.82) is 0 Å². The molecule has 328 valence electrons. The van der Waals surface area contributed by atoms with Gasteiger partial charge in [0, 0.05) is 30.6 Å². The molecule has 2 saturated heterocycles. The quantitative estimate of drug-likeness (QED) is 0.164. The second-order valence-electron chi connectivity index (χ2n) is 19.0. The molecular formula is C44H57NO15. The summed E-state index contributed by atoms with van der Waals surface area (Å²) in [5, 5.41) is 40.2. The molecule has 5 aliphatic rings. The average Bonchev–Trinajstić information content (AvgIpc) is 3.79. The fourth-order valence-corrected chi connectivity index (χ4v) is 10.4. The molecule has 1 unspecified atom stereocenters. The van der Waals surface area contributed by atoms with Crippen LogP contribution in [0.25, 0.3) is 0 Å². The number of furan rings is 1. The molecule has 4 fully saturated rings. The molecule has 60 heavy (non-hydrogen) atoms. The highest BCUT2D eigenvalue weighted by Crippen LogP contribution is 2.67. The molecule has 1 aromatic heterocycles. The van der Waals surface area contributed by atoms with Crippen LogP contribution in [0.4, 0.5) is 4.79 Å². The average molecular weight is 840 g/mol. The lowest BCUT2D eigenvalue weighted by Crippen LogP contribution is -2.82. The SMILES string of the molecule is CC(=O)O[C@@]12CO[C@@H]1C[C@H](O)[C@@]1(C)[C@@H]3OC(C)(C)O[C@@H]3C3=C(C)[C@@H](OC(=O)C(O)[C@@H](NC(=O)OC(C)(C)C)c4ccco4)C[C@@](O)([C@@H](OC(=O)c4ccccc4)[C@H]21)C3(C)C. The number of ether oxygens (including phenoxy) is 7. The van der Waals surface area contributed by atoms with Crippen LogP contribution in [-0.4, -0.2) is 111 Å². The van der Waals surface area contributed by atoms with Crippen LogP contribution in [-0.2, 0) is 42.7 Å². The topological polar surface area (TPSA) is 219 Å². The van der Waals surface area contributed by atoms with Crippen molar-refractivity contribution in [3.05, 3.63) is 71.2 Å². The van der Waals surface area contributed by atoms with Crippen LogP contribution in [0.1, 0.15) is 104 Å². The van der Waals surface area contributed by atoms with Gasteiger partial charge in [-0.15, -0.1) is 0 Å². The standard InChI is InChI=1S/C44H57NO15/c1-22-26(55-37(50)31(48)30(25-17-14-18-53-25)45-38(51)60-39(3,4)5)20-44(52)35(56-36(49)24-15-12-11-13-16-24)33-42(10,27(47)19-28-43(33,21-54-28)57-23(2)46)34-32(29(22)40(44,6)7)58-41(8,9)59-34/h11-18,26-28,30-35,47-48,52H,19-21H2,1-10H3,(H,45,51)/t26-,27-,28+,30-,31?,32+,33-,34+,35-,42+,43-,44+/m0/s1. The predicted molar refractivity (Wildman–Crippen MR) is 209 cm³/mol. The summed E-state index contributed by atoms with van der Waals surface area (Å²) in [6.07, 6.45) is -9.04. The Morgan fingerprint density at radius 1 is 0.967 bits per heavy atom. The van der Waals surface area contributed by atoms with Gasteiger partial charge in [-0.05, 0) is 77.0 Å². The molecule has 0 radical (unpaired) electrons. The molecule has 16 nitrogen and oxygen atoms in total. The van der Waals surface area contributed by atoms with E-state index in [2.05, 4.69) is 5.32 Å². The number of hydrogen-bond donors (Lipinski definition) is 4. The van der Waals surface area contributed by atoms with E-state index in [1.807, 2.05) is 0 Å². The van der Waals surface area contributed by atoms with Crippen molar-refractivity contribution in [1.82, 2.24) is 5.32 Å². The Labute approximate surface area is 348 Å². The summed E-state index contributed by atoms with van der Waals surface area (Å²) in [4.78, 5) is 54.6. The number of carbonyl (C=O) groups excluding carboxylic acids is 4. The van der Waals surface area contributed by atoms with Crippen molar-refractivity contribution in [3.8, 4) is 0 Å². The molecular weight excluding hydrogens is 782 g/mol. The third-order valence-electron chi connectivity index (χ3n) is 13.2. The number of amides is 1. The summed E-state index contributed by atoms with van der Waals surface area (Å²) < 4.78 is 49.3. The fraction of sp³-hybridized carbons (Fsp3) is 0.636. The van der Waals surface area contributed by atoms with Crippen LogP contribution >= 0.6 is 0 Å². The minimum Gasteiger partial charge on any atom is -0.467 e. The highest BCUT2D eigenvalue weighted by Gasteiger charge is 2.79. The van der Waals surface area contributed by atoms with E-state index in [9.17, 15) is 34.5 Å². The van der Waals surface area contributed by atoms with E-state index in [0.717, 1.165) is 0 Å². The van der Waals surface area contributed by atoms with Gasteiger partial charge in [0.2, 0.25) is 0 Å². The number of fused-ring (bicyclic) bond motifs is 8. The lowest BCUT2D eigenvalue weighted by molar-refractivity contribution is -0.362. The first-order chi connectivity index (χ1) is 27.9. The number of alkyl carbamates (subject to hydrolysis) is 1. The molecule has 7 rings (SSSR count). The third kappa shape index (κ3) is 7.12. The van der Waals surface area contributed by atoms with E-state index in [-0.39, 0.29) is 24.4 Å². The van der Waals surface area contributed by atoms with E-state index in [1.165, 1.54) is 25.3 Å². The number of carbonyl (C=O) groups is 4. The smallest absolute Gasteiger partial charge is 0.408 e. The largest absolute Gasteiger partial charge is 0.467 e. The molecule has 3 aliphatic carbocycles. The number of aliphatic hydroxyl groups is 3. The molecule has 1 aromatic carbocycles. The number of aliphatic hydroxyl groups excluding tert-OH is 2. The molecule has 0 spiro atoms. The maximum absolute atomic E-state index is 14.3. The number of benzene rings is 1. The van der Waals surface area contributed by atoms with Crippen molar-refractivity contribution in [3.63, 3.8) is 0 Å². The van der Waals surface area contributed by atoms with E-state index in [1.54, 1.807) is 92.6 Å². The number of esters is 3. The van der Waals surface area contributed by atoms with Crippen molar-refractivity contribution < 1.29 is 72.1 Å². The van der Waals surface area contributed by atoms with Gasteiger partial charge in [-0.3, -0.25) is 4.79 Å². The van der Waals surface area contributed by atoms with Gasteiger partial charge in [0.15, 0.2) is 17.5 Å². The molecule has 2 saturated carbocycles. The molecule has 3 heterocycles. The molecule has 12 atom stereocenters. The summed E-state index contributed by atoms with van der Waals surface area (Å²) in [7, 11) is 0. The Morgan fingerprint density at radius 2 is 1.65 bits per heavy atom. The Kier molecular flexibility index (Phi) is 10.9. The number of nitrogens with one attached hydrogen (secondary N) is 1. The highest BCUT2D eigenvalue weighted by molar-refractivity contribution is 5.89. The first-order valence-corrected chi connectivity index (χ1v) is 20.3. The van der Waals surface area contributed by atoms with Crippen molar-refractivity contribution in [2.24, 2.45) is 16.7 Å². The first kappa shape index (κ1) is 43.8. The Balaban J connectivity index is 1.39. The minimum absolute atomic E-state index is 0.0266. The molecule has 2 aromatic rings. The van der Waals surface area contributed by atoms with Crippen molar-refractivity contribution >= 4 is 24.0 Å². The Morgan fingerprint density at radius 3 is 2.23 bits per heavy atom. The summed E-state index contributed by atoms with van der Waals surface area (Å²) in [6, 6.07) is 9.70. The van der Waals surface area contributed by atoms with Crippen LogP contribution in [0.5, 0.6) is 0 Å². The van der Waals surface area contributed by atoms with Gasteiger partial charge in [0.1, 0.15) is 47.4 Å². The van der Waals surface area contributed by atoms with Gasteiger partial charge in [-0.2, -0.15) is 0 Å². The van der Waals surface area contributed by atoms with E-state index in [0.29, 0.717) is 11.1 Å². The molecule has 2 bridgehead atoms. The highest BCUT2D eigenvalue weighted by atomic mass is 16.8. The molecule has 16 heteroatoms. The van der Waals surface area contributed by atoms with Crippen LogP contribution in [0.3, 0.4) is 0 Å². The summed E-state index contributed by atoms with van der Waals surface area (Å²) in [5.74, 6) is -5.09. The minimum atomic E-state index is -2.19. The van der Waals surface area contributed by atoms with Gasteiger partial charge in [-0.25, -0.2) is 14.4 Å². The number of rotatable bonds is 8. The van der Waals surface area contributed by atoms with Crippen LogP contribution < -0.4 is 5.32 Å². The van der Waals surface area contributed by atoms with E-state index < -0.39 is 119 Å². The van der Waals surface area contributed by atoms with E-state index in [4.69, 9.17) is 37.6 Å². The predicted octanol–water partition coefficient (Wildman–Crippen LogP) is 4.44. The molecule has 4 N–H and O–H groups in total. The lowest BCUT2D eigenvalue weighted by Gasteiger charge is -2.68. The molecule has 1 amide bonds. The maximum atomic E-state index is 14.3. The van der Waals surface area contributed by atoms with Crippen LogP contribution in [0.2, 0.25) is 0 Å². The Bertz CT molecular complexity index is 2020. The lowest BCUT2D eigenvalue weighted by atomic mass is 9.44. The number of hydrogen-bond acceptors (Lipinski definition) is 15. The Hall–Kier alpha value is -4.32. The normalized spacial score (nSPS) is 36.0. The van der Waals surface area contributed by atoms with Crippen molar-refractivity contribution in [2.45, 2.75) is 153 Å². The second kappa shape index (κ2) is 14.9. The van der Waals surface area contributed by atoms with Crippen LogP contribution in [0.15, 0.2) is 64.3 Å². The summed E-state index contributed by atoms with van der Waals surface area (Å²) in [5.41, 5.74) is -6.38. The van der Waals surface area contributed by atoms with Gasteiger partial charge >= 0.3 is 24.0 Å². The van der Waals surface area contributed by atoms with Gasteiger partial charge in [0.05, 0.1) is 36.6 Å². The molecule has 2 aliphatic heterocycles.